The summed E-state index contributed by atoms with van der Waals surface area (Å²) in [6, 6.07) is 12.3. The molecule has 0 saturated carbocycles. The Balaban J connectivity index is 1.73. The Hall–Kier alpha value is -3.55. The zero-order valence-corrected chi connectivity index (χ0v) is 24.8. The summed E-state index contributed by atoms with van der Waals surface area (Å²) in [5.41, 5.74) is 3.89. The average Bonchev–Trinajstić information content (AvgIpc) is 3.30. The molecule has 0 spiro atoms. The minimum atomic E-state index is -0.632. The fraction of sp³-hybridized carbons (Fsp3) is 0.441. The van der Waals surface area contributed by atoms with Gasteiger partial charge in [0.1, 0.15) is 0 Å². The van der Waals surface area contributed by atoms with Gasteiger partial charge < -0.3 is 14.1 Å². The molecule has 7 nitrogen and oxygen atoms in total. The third-order valence-corrected chi connectivity index (χ3v) is 8.02. The van der Waals surface area contributed by atoms with E-state index in [-0.39, 0.29) is 12.2 Å². The fourth-order valence-corrected chi connectivity index (χ4v) is 5.65. The summed E-state index contributed by atoms with van der Waals surface area (Å²) in [5, 5.41) is 6.38. The van der Waals surface area contributed by atoms with Gasteiger partial charge in [-0.1, -0.05) is 29.8 Å². The van der Waals surface area contributed by atoms with Crippen molar-refractivity contribution in [2.75, 3.05) is 26.3 Å². The van der Waals surface area contributed by atoms with Gasteiger partial charge in [-0.3, -0.25) is 9.69 Å². The number of aromatic nitrogens is 1. The number of hydrogen-bond donors (Lipinski definition) is 0. The number of fused-ring (bicyclic) bond motifs is 3. The Labute approximate surface area is 243 Å². The monoisotopic (exact) mass is 557 g/mol. The van der Waals surface area contributed by atoms with Crippen LogP contribution in [0.3, 0.4) is 0 Å². The smallest absolute Gasteiger partial charge is 0.338 e. The maximum Gasteiger partial charge on any atom is 0.338 e. The predicted molar refractivity (Wildman–Crippen MR) is 167 cm³/mol. The van der Waals surface area contributed by atoms with Gasteiger partial charge in [-0.25, -0.2) is 4.79 Å². The van der Waals surface area contributed by atoms with E-state index in [4.69, 9.17) is 9.57 Å². The summed E-state index contributed by atoms with van der Waals surface area (Å²) in [7, 11) is 0. The van der Waals surface area contributed by atoms with E-state index in [9.17, 15) is 9.59 Å². The van der Waals surface area contributed by atoms with Gasteiger partial charge in [-0.05, 0) is 76.8 Å². The van der Waals surface area contributed by atoms with Crippen LogP contribution in [-0.4, -0.2) is 58.8 Å². The van der Waals surface area contributed by atoms with Crippen molar-refractivity contribution in [3.63, 3.8) is 0 Å². The molecule has 0 amide bonds. The van der Waals surface area contributed by atoms with Gasteiger partial charge in [-0.2, -0.15) is 0 Å². The quantitative estimate of drug-likeness (QED) is 0.0529. The lowest BCUT2D eigenvalue weighted by Gasteiger charge is -2.39. The number of allylic oxidation sites excluding steroid dienone is 1. The molecule has 7 heteroatoms. The Morgan fingerprint density at radius 3 is 2.27 bits per heavy atom. The molecular formula is C34H43N3O4. The highest BCUT2D eigenvalue weighted by atomic mass is 16.7. The summed E-state index contributed by atoms with van der Waals surface area (Å²) in [4.78, 5) is 33.3. The number of unbranched alkanes of at least 4 members (excludes halogenated alkanes) is 3. The maximum atomic E-state index is 13.8. The van der Waals surface area contributed by atoms with Crippen molar-refractivity contribution in [3.8, 4) is 0 Å². The predicted octanol–water partition coefficient (Wildman–Crippen LogP) is 7.07. The van der Waals surface area contributed by atoms with E-state index in [0.717, 1.165) is 78.4 Å². The summed E-state index contributed by atoms with van der Waals surface area (Å²) in [6.07, 6.45) is 8.25. The first-order valence-electron chi connectivity index (χ1n) is 14.7. The second-order valence-electron chi connectivity index (χ2n) is 11.1. The van der Waals surface area contributed by atoms with Crippen molar-refractivity contribution in [3.05, 3.63) is 72.8 Å². The van der Waals surface area contributed by atoms with Crippen LogP contribution < -0.4 is 0 Å². The van der Waals surface area contributed by atoms with Crippen molar-refractivity contribution in [2.45, 2.75) is 71.4 Å². The molecule has 0 aliphatic carbocycles. The summed E-state index contributed by atoms with van der Waals surface area (Å²) in [6.45, 7) is 17.1. The second kappa shape index (κ2) is 13.9. The van der Waals surface area contributed by atoms with Crippen molar-refractivity contribution in [1.82, 2.24) is 9.47 Å². The fourth-order valence-electron chi connectivity index (χ4n) is 5.65. The average molecular weight is 558 g/mol. The van der Waals surface area contributed by atoms with Gasteiger partial charge in [0.25, 0.3) is 0 Å². The van der Waals surface area contributed by atoms with Gasteiger partial charge >= 0.3 is 5.97 Å². The normalized spacial score (nSPS) is 14.9. The Kier molecular flexibility index (Phi) is 10.3. The highest BCUT2D eigenvalue weighted by molar-refractivity contribution is 6.14. The molecule has 1 aliphatic rings. The molecule has 2 aromatic carbocycles. The number of ether oxygens (including phenoxy) is 1. The summed E-state index contributed by atoms with van der Waals surface area (Å²) < 4.78 is 7.78. The van der Waals surface area contributed by atoms with Gasteiger partial charge in [0.05, 0.1) is 30.9 Å². The lowest BCUT2D eigenvalue weighted by Crippen LogP contribution is -2.54. The molecule has 0 atom stereocenters. The zero-order valence-electron chi connectivity index (χ0n) is 24.8. The lowest BCUT2D eigenvalue weighted by atomic mass is 9.90. The third kappa shape index (κ3) is 6.85. The molecule has 1 fully saturated rings. The van der Waals surface area contributed by atoms with Gasteiger partial charge in [0.15, 0.2) is 5.78 Å². The van der Waals surface area contributed by atoms with Gasteiger partial charge in [0.2, 0.25) is 0 Å². The first-order valence-corrected chi connectivity index (χ1v) is 14.7. The molecule has 1 saturated heterocycles. The minimum absolute atomic E-state index is 0.103. The van der Waals surface area contributed by atoms with Crippen LogP contribution in [0.2, 0.25) is 0 Å². The van der Waals surface area contributed by atoms with Crippen molar-refractivity contribution in [2.24, 2.45) is 5.16 Å². The molecule has 2 heterocycles. The summed E-state index contributed by atoms with van der Waals surface area (Å²) in [5.74, 6) is -0.329. The van der Waals surface area contributed by atoms with Crippen LogP contribution in [0.1, 0.15) is 75.2 Å². The van der Waals surface area contributed by atoms with Crippen LogP contribution in [-0.2, 0) is 20.9 Å². The number of benzene rings is 2. The van der Waals surface area contributed by atoms with Crippen molar-refractivity contribution < 1.29 is 19.2 Å². The minimum Gasteiger partial charge on any atom is -0.379 e. The van der Waals surface area contributed by atoms with E-state index in [2.05, 4.69) is 52.9 Å². The molecule has 0 N–H and O–H groups in total. The number of morpholine rings is 1. The SMILES string of the molecule is C=CCCCCC/C(=N\OC(=O)CC=C)c1ccc2c(c1)c1cc(C(=O)C(C)(C)N3CCOCC3)ccc1n2CC. The Morgan fingerprint density at radius 1 is 0.976 bits per heavy atom. The number of carbonyl (C=O) groups excluding carboxylic acids is 2. The number of ketones is 1. The Morgan fingerprint density at radius 2 is 1.63 bits per heavy atom. The highest BCUT2D eigenvalue weighted by Gasteiger charge is 2.36. The topological polar surface area (TPSA) is 73.1 Å². The van der Waals surface area contributed by atoms with E-state index < -0.39 is 11.5 Å². The number of hydrogen-bond acceptors (Lipinski definition) is 6. The van der Waals surface area contributed by atoms with Crippen LogP contribution in [0.25, 0.3) is 21.8 Å². The molecule has 4 rings (SSSR count). The molecular weight excluding hydrogens is 514 g/mol. The van der Waals surface area contributed by atoms with E-state index in [1.165, 1.54) is 6.08 Å². The molecule has 1 aliphatic heterocycles. The summed E-state index contributed by atoms with van der Waals surface area (Å²) >= 11 is 0. The van der Waals surface area contributed by atoms with E-state index in [1.54, 1.807) is 0 Å². The standard InChI is InChI=1S/C34H43N3O4/c1-6-9-10-11-12-14-29(35-41-32(38)13-7-2)25-15-17-30-27(23-25)28-24-26(16-18-31(28)37(30)8-3)33(39)34(4,5)36-19-21-40-22-20-36/h6-7,15-18,23-24H,1-2,8-14,19-22H2,3-5H3/b35-29+. The highest BCUT2D eigenvalue weighted by Crippen LogP contribution is 2.33. The molecule has 218 valence electrons. The van der Waals surface area contributed by atoms with E-state index in [0.29, 0.717) is 25.2 Å². The molecule has 41 heavy (non-hydrogen) atoms. The van der Waals surface area contributed by atoms with Crippen LogP contribution in [0.4, 0.5) is 0 Å². The van der Waals surface area contributed by atoms with Crippen LogP contribution in [0, 0.1) is 0 Å². The molecule has 1 aromatic heterocycles. The zero-order chi connectivity index (χ0) is 29.4. The van der Waals surface area contributed by atoms with Crippen LogP contribution in [0.5, 0.6) is 0 Å². The van der Waals surface area contributed by atoms with Crippen molar-refractivity contribution in [1.29, 1.82) is 0 Å². The van der Waals surface area contributed by atoms with E-state index >= 15 is 0 Å². The molecule has 0 radical (unpaired) electrons. The van der Waals surface area contributed by atoms with E-state index in [1.807, 2.05) is 38.1 Å². The first-order chi connectivity index (χ1) is 19.8. The van der Waals surface area contributed by atoms with Crippen molar-refractivity contribution >= 4 is 39.3 Å². The van der Waals surface area contributed by atoms with Gasteiger partial charge in [0, 0.05) is 52.6 Å². The number of nitrogens with zero attached hydrogens (tertiary/aromatic N) is 3. The first kappa shape index (κ1) is 30.4. The molecule has 0 bridgehead atoms. The third-order valence-electron chi connectivity index (χ3n) is 8.02. The molecule has 0 unspecified atom stereocenters. The number of rotatable bonds is 14. The van der Waals surface area contributed by atoms with Gasteiger partial charge in [-0.15, -0.1) is 13.2 Å². The van der Waals surface area contributed by atoms with Crippen LogP contribution in [0.15, 0.2) is 66.9 Å². The Bertz CT molecular complexity index is 1440. The number of oxime groups is 1. The lowest BCUT2D eigenvalue weighted by molar-refractivity contribution is -0.142. The molecule has 3 aromatic rings. The maximum absolute atomic E-state index is 13.8. The number of carbonyl (C=O) groups is 2. The second-order valence-corrected chi connectivity index (χ2v) is 11.1. The number of aryl methyl sites for hydroxylation is 1. The number of Topliss-reactive ketones (excluding diaryl/α,β-unsaturated/α-hetero) is 1. The van der Waals surface area contributed by atoms with Crippen LogP contribution >= 0.6 is 0 Å². The largest absolute Gasteiger partial charge is 0.379 e.